The van der Waals surface area contributed by atoms with Crippen LogP contribution in [0.1, 0.15) is 39.4 Å². The topological polar surface area (TPSA) is 78.4 Å². The first-order valence-corrected chi connectivity index (χ1v) is 8.82. The van der Waals surface area contributed by atoms with Crippen LogP contribution in [-0.4, -0.2) is 21.7 Å². The maximum absolute atomic E-state index is 12.9. The fourth-order valence-corrected chi connectivity index (χ4v) is 3.60. The molecule has 2 aliphatic heterocycles. The molecule has 3 aromatic rings. The molecule has 2 aromatic heterocycles. The summed E-state index contributed by atoms with van der Waals surface area (Å²) in [4.78, 5) is 33.1. The summed E-state index contributed by atoms with van der Waals surface area (Å²) in [6, 6.07) is 10.7. The molecule has 5 rings (SSSR count). The summed E-state index contributed by atoms with van der Waals surface area (Å²) < 4.78 is 11.4. The lowest BCUT2D eigenvalue weighted by molar-refractivity contribution is -0.135. The molecule has 0 fully saturated rings. The minimum absolute atomic E-state index is 0.173. The second kappa shape index (κ2) is 6.42. The van der Waals surface area contributed by atoms with E-state index in [1.54, 1.807) is 49.1 Å². The van der Waals surface area contributed by atoms with Crippen molar-refractivity contribution in [2.45, 2.75) is 12.3 Å². The smallest absolute Gasteiger partial charge is 0.312 e. The monoisotopic (exact) mass is 370 g/mol. The molecule has 6 heteroatoms. The number of aromatic nitrogens is 2. The van der Waals surface area contributed by atoms with Gasteiger partial charge >= 0.3 is 5.97 Å². The van der Waals surface area contributed by atoms with Gasteiger partial charge in [0.1, 0.15) is 11.5 Å². The number of carbonyl (C=O) groups excluding carboxylic acids is 2. The van der Waals surface area contributed by atoms with Gasteiger partial charge in [-0.2, -0.15) is 0 Å². The standard InChI is InChI=1S/C22H14N2O4/c25-19-11-16(14-5-8-23-9-6-14)20-17(27-19)4-3-15-21(26)18(28-22(15)20)10-13-2-1-7-24-12-13/h1-10,12,16H,11H2/b18-10-/t16-/m0/s1. The Morgan fingerprint density at radius 3 is 2.61 bits per heavy atom. The van der Waals surface area contributed by atoms with Gasteiger partial charge in [0, 0.05) is 36.3 Å². The molecule has 1 aromatic carbocycles. The molecule has 1 atom stereocenters. The van der Waals surface area contributed by atoms with E-state index in [1.807, 2.05) is 18.2 Å². The van der Waals surface area contributed by atoms with Crippen molar-refractivity contribution >= 4 is 17.8 Å². The van der Waals surface area contributed by atoms with Gasteiger partial charge in [-0.15, -0.1) is 0 Å². The number of rotatable bonds is 2. The molecule has 28 heavy (non-hydrogen) atoms. The largest absolute Gasteiger partial charge is 0.452 e. The highest BCUT2D eigenvalue weighted by molar-refractivity contribution is 6.15. The highest BCUT2D eigenvalue weighted by Crippen LogP contribution is 2.48. The lowest BCUT2D eigenvalue weighted by Gasteiger charge is -2.26. The summed E-state index contributed by atoms with van der Waals surface area (Å²) >= 11 is 0. The Balaban J connectivity index is 1.63. The maximum atomic E-state index is 12.9. The minimum Gasteiger partial charge on any atom is -0.452 e. The van der Waals surface area contributed by atoms with Crippen LogP contribution in [0.5, 0.6) is 11.5 Å². The number of esters is 1. The van der Waals surface area contributed by atoms with Crippen molar-refractivity contribution < 1.29 is 19.1 Å². The SMILES string of the molecule is O=C1C[C@@H](c2ccncc2)c2c(ccc3c2O/C(=C\c2cccnc2)C3=O)O1. The van der Waals surface area contributed by atoms with E-state index in [1.165, 1.54) is 0 Å². The van der Waals surface area contributed by atoms with E-state index in [0.29, 0.717) is 22.6 Å². The molecule has 136 valence electrons. The first kappa shape index (κ1) is 16.4. The van der Waals surface area contributed by atoms with E-state index in [2.05, 4.69) is 9.97 Å². The zero-order chi connectivity index (χ0) is 19.1. The fourth-order valence-electron chi connectivity index (χ4n) is 3.60. The molecule has 0 unspecified atom stereocenters. The second-order valence-electron chi connectivity index (χ2n) is 6.59. The van der Waals surface area contributed by atoms with E-state index in [0.717, 1.165) is 11.1 Å². The van der Waals surface area contributed by atoms with Gasteiger partial charge < -0.3 is 9.47 Å². The second-order valence-corrected chi connectivity index (χ2v) is 6.59. The number of pyridine rings is 2. The normalized spacial score (nSPS) is 19.0. The Morgan fingerprint density at radius 2 is 1.82 bits per heavy atom. The van der Waals surface area contributed by atoms with Gasteiger partial charge in [0.2, 0.25) is 5.78 Å². The Hall–Kier alpha value is -3.80. The van der Waals surface area contributed by atoms with Crippen LogP contribution in [0.2, 0.25) is 0 Å². The van der Waals surface area contributed by atoms with Crippen LogP contribution in [0, 0.1) is 0 Å². The number of hydrogen-bond donors (Lipinski definition) is 0. The summed E-state index contributed by atoms with van der Waals surface area (Å²) in [7, 11) is 0. The molecule has 2 aliphatic rings. The van der Waals surface area contributed by atoms with Crippen LogP contribution in [0.3, 0.4) is 0 Å². The Morgan fingerprint density at radius 1 is 0.964 bits per heavy atom. The van der Waals surface area contributed by atoms with Crippen LogP contribution in [0.25, 0.3) is 6.08 Å². The van der Waals surface area contributed by atoms with Gasteiger partial charge in [0.25, 0.3) is 0 Å². The number of ether oxygens (including phenoxy) is 2. The van der Waals surface area contributed by atoms with Gasteiger partial charge in [-0.3, -0.25) is 19.6 Å². The van der Waals surface area contributed by atoms with Crippen LogP contribution in [0.4, 0.5) is 0 Å². The average molecular weight is 370 g/mol. The molecule has 0 radical (unpaired) electrons. The van der Waals surface area contributed by atoms with Crippen molar-refractivity contribution in [2.75, 3.05) is 0 Å². The highest BCUT2D eigenvalue weighted by Gasteiger charge is 2.38. The number of fused-ring (bicyclic) bond motifs is 3. The van der Waals surface area contributed by atoms with E-state index < -0.39 is 0 Å². The third kappa shape index (κ3) is 2.66. The van der Waals surface area contributed by atoms with Gasteiger partial charge in [0.05, 0.1) is 12.0 Å². The molecule has 0 saturated heterocycles. The predicted octanol–water partition coefficient (Wildman–Crippen LogP) is 3.53. The van der Waals surface area contributed by atoms with Crippen LogP contribution < -0.4 is 9.47 Å². The van der Waals surface area contributed by atoms with Crippen molar-refractivity contribution in [3.63, 3.8) is 0 Å². The number of carbonyl (C=O) groups is 2. The number of allylic oxidation sites excluding steroid dienone is 1. The molecule has 4 heterocycles. The lowest BCUT2D eigenvalue weighted by Crippen LogP contribution is -2.21. The fraction of sp³-hybridized carbons (Fsp3) is 0.0909. The van der Waals surface area contributed by atoms with Crippen LogP contribution in [-0.2, 0) is 4.79 Å². The Bertz CT molecular complexity index is 1120. The molecule has 0 saturated carbocycles. The average Bonchev–Trinajstić information content (AvgIpc) is 3.04. The number of hydrogen-bond acceptors (Lipinski definition) is 6. The molecule has 0 bridgehead atoms. The summed E-state index contributed by atoms with van der Waals surface area (Å²) in [5, 5.41) is 0. The highest BCUT2D eigenvalue weighted by atomic mass is 16.5. The Labute approximate surface area is 160 Å². The van der Waals surface area contributed by atoms with Gasteiger partial charge in [-0.25, -0.2) is 0 Å². The maximum Gasteiger partial charge on any atom is 0.312 e. The van der Waals surface area contributed by atoms with Crippen molar-refractivity contribution in [3.8, 4) is 11.5 Å². The molecular weight excluding hydrogens is 356 g/mol. The number of Topliss-reactive ketones (excluding diaryl/α,β-unsaturated/α-hetero) is 1. The van der Waals surface area contributed by atoms with Crippen molar-refractivity contribution in [3.05, 3.63) is 89.2 Å². The summed E-state index contributed by atoms with van der Waals surface area (Å²) in [6.45, 7) is 0. The quantitative estimate of drug-likeness (QED) is 0.390. The lowest BCUT2D eigenvalue weighted by atomic mass is 9.85. The zero-order valence-corrected chi connectivity index (χ0v) is 14.7. The van der Waals surface area contributed by atoms with E-state index in [4.69, 9.17) is 9.47 Å². The molecule has 0 amide bonds. The minimum atomic E-state index is -0.315. The molecule has 0 N–H and O–H groups in total. The van der Waals surface area contributed by atoms with E-state index in [9.17, 15) is 9.59 Å². The number of benzene rings is 1. The number of ketones is 1. The summed E-state index contributed by atoms with van der Waals surface area (Å²) in [6.07, 6.45) is 8.52. The Kier molecular flexibility index (Phi) is 3.76. The van der Waals surface area contributed by atoms with Gasteiger partial charge in [0.15, 0.2) is 5.76 Å². The first-order chi connectivity index (χ1) is 13.7. The van der Waals surface area contributed by atoms with E-state index in [-0.39, 0.29) is 29.9 Å². The third-order valence-electron chi connectivity index (χ3n) is 4.87. The van der Waals surface area contributed by atoms with Crippen LogP contribution in [0.15, 0.2) is 66.9 Å². The molecular formula is C22H14N2O4. The van der Waals surface area contributed by atoms with Gasteiger partial charge in [-0.1, -0.05) is 6.07 Å². The zero-order valence-electron chi connectivity index (χ0n) is 14.7. The predicted molar refractivity (Wildman–Crippen MR) is 99.9 cm³/mol. The van der Waals surface area contributed by atoms with Gasteiger partial charge in [-0.05, 0) is 47.5 Å². The van der Waals surface area contributed by atoms with Crippen LogP contribution >= 0.6 is 0 Å². The first-order valence-electron chi connectivity index (χ1n) is 8.82. The van der Waals surface area contributed by atoms with Crippen molar-refractivity contribution in [1.29, 1.82) is 0 Å². The van der Waals surface area contributed by atoms with E-state index >= 15 is 0 Å². The van der Waals surface area contributed by atoms with Crippen molar-refractivity contribution in [1.82, 2.24) is 9.97 Å². The summed E-state index contributed by atoms with van der Waals surface area (Å²) in [5.74, 6) is 0.317. The van der Waals surface area contributed by atoms with Crippen molar-refractivity contribution in [2.24, 2.45) is 0 Å². The molecule has 0 spiro atoms. The number of nitrogens with zero attached hydrogens (tertiary/aromatic N) is 2. The molecule has 6 nitrogen and oxygen atoms in total. The molecule has 0 aliphatic carbocycles. The summed E-state index contributed by atoms with van der Waals surface area (Å²) in [5.41, 5.74) is 2.86. The third-order valence-corrected chi connectivity index (χ3v) is 4.87.